The maximum atomic E-state index is 14.1. The van der Waals surface area contributed by atoms with E-state index >= 15 is 0 Å². The molecule has 0 saturated heterocycles. The Morgan fingerprint density at radius 1 is 1.15 bits per heavy atom. The molecule has 140 valence electrons. The normalized spacial score (nSPS) is 11.0. The zero-order valence-electron chi connectivity index (χ0n) is 14.5. The zero-order valence-corrected chi connectivity index (χ0v) is 15.3. The average molecular weight is 391 g/mol. The lowest BCUT2D eigenvalue weighted by Gasteiger charge is -2.16. The van der Waals surface area contributed by atoms with Crippen LogP contribution in [0.2, 0.25) is 5.02 Å². The van der Waals surface area contributed by atoms with E-state index in [4.69, 9.17) is 11.6 Å². The van der Waals surface area contributed by atoms with Crippen LogP contribution in [0.3, 0.4) is 0 Å². The van der Waals surface area contributed by atoms with Crippen molar-refractivity contribution in [1.82, 2.24) is 9.55 Å². The van der Waals surface area contributed by atoms with Crippen LogP contribution in [0.25, 0.3) is 11.4 Å². The molecule has 0 radical (unpaired) electrons. The molecule has 0 amide bonds. The predicted octanol–water partition coefficient (Wildman–Crippen LogP) is 3.73. The number of benzene rings is 2. The second kappa shape index (κ2) is 7.98. The summed E-state index contributed by atoms with van der Waals surface area (Å²) in [6, 6.07) is 9.99. The highest BCUT2D eigenvalue weighted by Crippen LogP contribution is 2.22. The predicted molar refractivity (Wildman–Crippen MR) is 99.9 cm³/mol. The van der Waals surface area contributed by atoms with E-state index in [1.54, 1.807) is 31.2 Å². The molecule has 0 fully saturated rings. The summed E-state index contributed by atoms with van der Waals surface area (Å²) in [6.07, 6.45) is 0.143. The lowest BCUT2D eigenvalue weighted by molar-refractivity contribution is 0.298. The van der Waals surface area contributed by atoms with E-state index in [1.807, 2.05) is 0 Å². The Balaban J connectivity index is 2.20. The molecule has 0 unspecified atom stereocenters. The van der Waals surface area contributed by atoms with Gasteiger partial charge in [-0.1, -0.05) is 17.7 Å². The molecular weight excluding hydrogens is 374 g/mol. The molecule has 1 heterocycles. The molecule has 0 bridgehead atoms. The van der Waals surface area contributed by atoms with Gasteiger partial charge in [0.05, 0.1) is 6.54 Å². The van der Waals surface area contributed by atoms with Gasteiger partial charge in [0, 0.05) is 46.5 Å². The van der Waals surface area contributed by atoms with Gasteiger partial charge in [0.1, 0.15) is 17.5 Å². The van der Waals surface area contributed by atoms with Gasteiger partial charge in [-0.3, -0.25) is 9.36 Å². The largest absolute Gasteiger partial charge is 0.396 e. The summed E-state index contributed by atoms with van der Waals surface area (Å²) in [7, 11) is 0. The van der Waals surface area contributed by atoms with E-state index in [-0.39, 0.29) is 30.7 Å². The van der Waals surface area contributed by atoms with Crippen LogP contribution < -0.4 is 5.56 Å². The maximum Gasteiger partial charge on any atom is 0.257 e. The minimum atomic E-state index is -0.742. The number of nitrogens with zero attached hydrogens (tertiary/aromatic N) is 2. The molecule has 3 rings (SSSR count). The molecule has 7 heteroatoms. The highest BCUT2D eigenvalue weighted by atomic mass is 35.5. The highest BCUT2D eigenvalue weighted by molar-refractivity contribution is 6.30. The van der Waals surface area contributed by atoms with Crippen molar-refractivity contribution in [3.8, 4) is 11.4 Å². The van der Waals surface area contributed by atoms with Gasteiger partial charge < -0.3 is 5.11 Å². The summed E-state index contributed by atoms with van der Waals surface area (Å²) in [6.45, 7) is 1.37. The Hall–Kier alpha value is -2.57. The van der Waals surface area contributed by atoms with E-state index in [2.05, 4.69) is 4.98 Å². The topological polar surface area (TPSA) is 55.1 Å². The van der Waals surface area contributed by atoms with E-state index in [1.165, 1.54) is 10.6 Å². The van der Waals surface area contributed by atoms with Crippen molar-refractivity contribution in [2.75, 3.05) is 6.61 Å². The molecule has 0 spiro atoms. The van der Waals surface area contributed by atoms with Crippen LogP contribution >= 0.6 is 11.6 Å². The van der Waals surface area contributed by atoms with E-state index in [9.17, 15) is 18.7 Å². The first kappa shape index (κ1) is 19.2. The molecule has 2 aromatic carbocycles. The van der Waals surface area contributed by atoms with E-state index in [0.29, 0.717) is 27.7 Å². The Bertz CT molecular complexity index is 1030. The summed E-state index contributed by atoms with van der Waals surface area (Å²) in [5.74, 6) is -1.09. The zero-order chi connectivity index (χ0) is 19.6. The maximum absolute atomic E-state index is 14.1. The fourth-order valence-electron chi connectivity index (χ4n) is 2.89. The molecule has 0 aliphatic heterocycles. The second-order valence-electron chi connectivity index (χ2n) is 6.11. The average Bonchev–Trinajstić information content (AvgIpc) is 2.63. The first-order chi connectivity index (χ1) is 12.9. The van der Waals surface area contributed by atoms with Gasteiger partial charge in [-0.25, -0.2) is 13.8 Å². The number of aryl methyl sites for hydroxylation is 1. The molecule has 4 nitrogen and oxygen atoms in total. The summed E-state index contributed by atoms with van der Waals surface area (Å²) >= 11 is 5.93. The van der Waals surface area contributed by atoms with Gasteiger partial charge in [-0.2, -0.15) is 0 Å². The molecular formula is C20H17ClF2N2O2. The fourth-order valence-corrected chi connectivity index (χ4v) is 3.01. The third-order valence-electron chi connectivity index (χ3n) is 4.28. The van der Waals surface area contributed by atoms with Crippen LogP contribution in [0.15, 0.2) is 47.3 Å². The number of halogens is 3. The summed E-state index contributed by atoms with van der Waals surface area (Å²) in [4.78, 5) is 17.5. The fraction of sp³-hybridized carbons (Fsp3) is 0.200. The van der Waals surface area contributed by atoms with Crippen LogP contribution in [-0.4, -0.2) is 21.3 Å². The minimum absolute atomic E-state index is 0.116. The highest BCUT2D eigenvalue weighted by Gasteiger charge is 2.17. The van der Waals surface area contributed by atoms with Crippen molar-refractivity contribution in [3.63, 3.8) is 0 Å². The van der Waals surface area contributed by atoms with E-state index in [0.717, 1.165) is 12.1 Å². The third-order valence-corrected chi connectivity index (χ3v) is 4.53. The first-order valence-electron chi connectivity index (χ1n) is 8.31. The van der Waals surface area contributed by atoms with E-state index < -0.39 is 11.6 Å². The van der Waals surface area contributed by atoms with Gasteiger partial charge in [-0.05, 0) is 37.3 Å². The molecule has 0 atom stereocenters. The first-order valence-corrected chi connectivity index (χ1v) is 8.69. The Morgan fingerprint density at radius 3 is 2.48 bits per heavy atom. The summed E-state index contributed by atoms with van der Waals surface area (Å²) < 4.78 is 28.7. The van der Waals surface area contributed by atoms with Gasteiger partial charge in [0.25, 0.3) is 5.56 Å². The monoisotopic (exact) mass is 390 g/mol. The van der Waals surface area contributed by atoms with Crippen molar-refractivity contribution >= 4 is 11.6 Å². The van der Waals surface area contributed by atoms with Crippen LogP contribution in [0.5, 0.6) is 0 Å². The summed E-state index contributed by atoms with van der Waals surface area (Å²) in [5, 5.41) is 9.78. The van der Waals surface area contributed by atoms with Gasteiger partial charge in [0.15, 0.2) is 0 Å². The van der Waals surface area contributed by atoms with Crippen molar-refractivity contribution in [2.45, 2.75) is 19.9 Å². The number of rotatable bonds is 5. The van der Waals surface area contributed by atoms with Crippen LogP contribution in [0.4, 0.5) is 8.78 Å². The lowest BCUT2D eigenvalue weighted by Crippen LogP contribution is -2.29. The number of aromatic nitrogens is 2. The van der Waals surface area contributed by atoms with Gasteiger partial charge in [0.2, 0.25) is 0 Å². The second-order valence-corrected chi connectivity index (χ2v) is 6.54. The summed E-state index contributed by atoms with van der Waals surface area (Å²) in [5.41, 5.74) is 1.28. The van der Waals surface area contributed by atoms with Crippen LogP contribution in [0.1, 0.15) is 16.8 Å². The molecule has 1 aromatic heterocycles. The van der Waals surface area contributed by atoms with Crippen molar-refractivity contribution in [2.24, 2.45) is 0 Å². The molecule has 1 N–H and O–H groups in total. The Kier molecular flexibility index (Phi) is 5.68. The Labute approximate surface area is 159 Å². The molecule has 27 heavy (non-hydrogen) atoms. The number of aliphatic hydroxyl groups is 1. The molecule has 3 aromatic rings. The van der Waals surface area contributed by atoms with Crippen molar-refractivity contribution < 1.29 is 13.9 Å². The Morgan fingerprint density at radius 2 is 1.85 bits per heavy atom. The molecule has 0 aliphatic carbocycles. The number of hydrogen-bond acceptors (Lipinski definition) is 3. The minimum Gasteiger partial charge on any atom is -0.396 e. The molecule has 0 aliphatic rings. The smallest absolute Gasteiger partial charge is 0.257 e. The van der Waals surface area contributed by atoms with Gasteiger partial charge >= 0.3 is 0 Å². The standard InChI is InChI=1S/C20H17ClF2N2O2/c1-12-17(8-9-26)20(27)25(11-14-4-7-16(22)10-18(14)23)19(24-12)13-2-5-15(21)6-3-13/h2-7,10,26H,8-9,11H2,1H3. The lowest BCUT2D eigenvalue weighted by atomic mass is 10.1. The molecule has 0 saturated carbocycles. The quantitative estimate of drug-likeness (QED) is 0.722. The van der Waals surface area contributed by atoms with Crippen LogP contribution in [0, 0.1) is 18.6 Å². The van der Waals surface area contributed by atoms with Gasteiger partial charge in [-0.15, -0.1) is 0 Å². The van der Waals surface area contributed by atoms with Crippen molar-refractivity contribution in [1.29, 1.82) is 0 Å². The third kappa shape index (κ3) is 4.07. The number of hydrogen-bond donors (Lipinski definition) is 1. The van der Waals surface area contributed by atoms with Crippen molar-refractivity contribution in [3.05, 3.63) is 86.3 Å². The SMILES string of the molecule is Cc1nc(-c2ccc(Cl)cc2)n(Cc2ccc(F)cc2F)c(=O)c1CCO. The van der Waals surface area contributed by atoms with Crippen LogP contribution in [-0.2, 0) is 13.0 Å². The number of aliphatic hydroxyl groups excluding tert-OH is 1.